The molecule has 0 radical (unpaired) electrons. The average Bonchev–Trinajstić information content (AvgIpc) is 3.06. The van der Waals surface area contributed by atoms with Crippen molar-refractivity contribution in [3.05, 3.63) is 52.9 Å². The van der Waals surface area contributed by atoms with Gasteiger partial charge in [0.15, 0.2) is 23.3 Å². The Bertz CT molecular complexity index is 1080. The van der Waals surface area contributed by atoms with Crippen LogP contribution in [0.25, 0.3) is 6.08 Å². The number of hydrogen-bond donors (Lipinski definition) is 1. The van der Waals surface area contributed by atoms with Gasteiger partial charge < -0.3 is 19.3 Å². The molecule has 174 valence electrons. The second-order valence-corrected chi connectivity index (χ2v) is 8.61. The number of hydrogen-bond acceptors (Lipinski definition) is 7. The zero-order valence-electron chi connectivity index (χ0n) is 18.9. The molecule has 33 heavy (non-hydrogen) atoms. The smallest absolute Gasteiger partial charge is 0.341 e. The monoisotopic (exact) mass is 470 g/mol. The molecule has 1 fully saturated rings. The van der Waals surface area contributed by atoms with Crippen molar-refractivity contribution in [3.8, 4) is 17.2 Å². The molecule has 1 aliphatic heterocycles. The van der Waals surface area contributed by atoms with Crippen LogP contribution in [0.15, 0.2) is 52.4 Å². The van der Waals surface area contributed by atoms with E-state index in [0.29, 0.717) is 28.1 Å². The van der Waals surface area contributed by atoms with Crippen LogP contribution in [0.1, 0.15) is 19.4 Å². The van der Waals surface area contributed by atoms with Gasteiger partial charge in [0.25, 0.3) is 5.91 Å². The van der Waals surface area contributed by atoms with Gasteiger partial charge in [-0.2, -0.15) is 0 Å². The van der Waals surface area contributed by atoms with Gasteiger partial charge in [0.1, 0.15) is 5.75 Å². The quantitative estimate of drug-likeness (QED) is 0.542. The van der Waals surface area contributed by atoms with Crippen LogP contribution in [0.5, 0.6) is 17.2 Å². The van der Waals surface area contributed by atoms with Crippen molar-refractivity contribution in [2.75, 3.05) is 27.4 Å². The van der Waals surface area contributed by atoms with E-state index < -0.39 is 12.6 Å². The predicted octanol–water partition coefficient (Wildman–Crippen LogP) is 4.43. The van der Waals surface area contributed by atoms with Gasteiger partial charge >= 0.3 is 5.97 Å². The summed E-state index contributed by atoms with van der Waals surface area (Å²) in [5.41, 5.74) is 1.45. The Kier molecular flexibility index (Phi) is 8.00. The lowest BCUT2D eigenvalue weighted by atomic mass is 10.1. The fourth-order valence-corrected chi connectivity index (χ4v) is 4.08. The Morgan fingerprint density at radius 2 is 1.85 bits per heavy atom. The summed E-state index contributed by atoms with van der Waals surface area (Å²) in [5, 5.41) is 9.43. The summed E-state index contributed by atoms with van der Waals surface area (Å²) in [5.74, 6) is 0.498. The fraction of sp³-hybridized carbons (Fsp3) is 0.292. The van der Waals surface area contributed by atoms with E-state index in [-0.39, 0.29) is 11.8 Å². The van der Waals surface area contributed by atoms with Crippen molar-refractivity contribution in [1.29, 1.82) is 0 Å². The fourth-order valence-electron chi connectivity index (χ4n) is 3.07. The number of aliphatic carboxylic acids is 1. The van der Waals surface area contributed by atoms with Crippen molar-refractivity contribution < 1.29 is 28.9 Å². The maximum Gasteiger partial charge on any atom is 0.341 e. The molecule has 3 rings (SSSR count). The highest BCUT2D eigenvalue weighted by Gasteiger charge is 2.33. The number of methoxy groups -OCH3 is 2. The third kappa shape index (κ3) is 6.29. The molecule has 0 atom stereocenters. The van der Waals surface area contributed by atoms with Crippen LogP contribution >= 0.6 is 11.8 Å². The second kappa shape index (κ2) is 10.9. The lowest BCUT2D eigenvalue weighted by Crippen LogP contribution is -2.32. The third-order valence-corrected chi connectivity index (χ3v) is 5.58. The molecular weight excluding hydrogens is 444 g/mol. The van der Waals surface area contributed by atoms with Gasteiger partial charge in [-0.1, -0.05) is 19.9 Å². The number of aliphatic imine (C=N–C) groups is 1. The number of ether oxygens (including phenoxy) is 3. The molecule has 0 aromatic heterocycles. The average molecular weight is 471 g/mol. The molecule has 8 nitrogen and oxygen atoms in total. The predicted molar refractivity (Wildman–Crippen MR) is 128 cm³/mol. The van der Waals surface area contributed by atoms with E-state index in [1.165, 1.54) is 18.9 Å². The minimum atomic E-state index is -1.08. The molecule has 1 saturated heterocycles. The summed E-state index contributed by atoms with van der Waals surface area (Å²) in [6, 6.07) is 12.4. The third-order valence-electron chi connectivity index (χ3n) is 4.57. The van der Waals surface area contributed by atoms with Crippen LogP contribution in [0.3, 0.4) is 0 Å². The summed E-state index contributed by atoms with van der Waals surface area (Å²) in [4.78, 5) is 30.8. The number of amidine groups is 1. The highest BCUT2D eigenvalue weighted by Crippen LogP contribution is 2.36. The van der Waals surface area contributed by atoms with Gasteiger partial charge in [0.05, 0.1) is 24.8 Å². The van der Waals surface area contributed by atoms with E-state index >= 15 is 0 Å². The molecule has 0 spiro atoms. The van der Waals surface area contributed by atoms with Crippen LogP contribution in [0, 0.1) is 5.92 Å². The van der Waals surface area contributed by atoms with Crippen LogP contribution in [-0.4, -0.2) is 54.4 Å². The number of thioether (sulfide) groups is 1. The maximum atomic E-state index is 13.2. The highest BCUT2D eigenvalue weighted by molar-refractivity contribution is 8.18. The number of amides is 1. The van der Waals surface area contributed by atoms with E-state index in [1.54, 1.807) is 36.3 Å². The first-order valence-electron chi connectivity index (χ1n) is 10.3. The van der Waals surface area contributed by atoms with Gasteiger partial charge in [0, 0.05) is 6.54 Å². The standard InChI is InChI=1S/C24H26N2O6S/c1-15(2)13-26-23(29)21(33-24(26)25-17-6-8-18(30-3)9-7-17)12-16-5-10-19(20(11-16)31-4)32-14-22(27)28/h5-12,15H,13-14H2,1-4H3,(H,27,28)/b21-12+,25-24?. The lowest BCUT2D eigenvalue weighted by Gasteiger charge is -2.17. The highest BCUT2D eigenvalue weighted by atomic mass is 32.2. The van der Waals surface area contributed by atoms with Gasteiger partial charge in [0.2, 0.25) is 0 Å². The molecule has 2 aromatic rings. The number of nitrogens with zero attached hydrogens (tertiary/aromatic N) is 2. The molecular formula is C24H26N2O6S. The van der Waals surface area contributed by atoms with Crippen LogP contribution < -0.4 is 14.2 Å². The number of rotatable bonds is 9. The molecule has 1 heterocycles. The molecule has 1 N–H and O–H groups in total. The maximum absolute atomic E-state index is 13.2. The van der Waals surface area contributed by atoms with Gasteiger partial charge in [-0.05, 0) is 65.7 Å². The van der Waals surface area contributed by atoms with Crippen LogP contribution in [0.2, 0.25) is 0 Å². The first kappa shape index (κ1) is 24.2. The first-order chi connectivity index (χ1) is 15.8. The number of carbonyl (C=O) groups is 2. The zero-order valence-corrected chi connectivity index (χ0v) is 19.7. The summed E-state index contributed by atoms with van der Waals surface area (Å²) in [6.45, 7) is 4.17. The summed E-state index contributed by atoms with van der Waals surface area (Å²) in [6.07, 6.45) is 1.76. The van der Waals surface area contributed by atoms with Crippen LogP contribution in [0.4, 0.5) is 5.69 Å². The molecule has 0 aliphatic carbocycles. The zero-order chi connectivity index (χ0) is 24.0. The first-order valence-corrected chi connectivity index (χ1v) is 11.1. The van der Waals surface area contributed by atoms with Crippen molar-refractivity contribution in [2.24, 2.45) is 10.9 Å². The molecule has 0 saturated carbocycles. The molecule has 1 aliphatic rings. The Morgan fingerprint density at radius 3 is 2.45 bits per heavy atom. The van der Waals surface area contributed by atoms with Crippen LogP contribution in [-0.2, 0) is 9.59 Å². The van der Waals surface area contributed by atoms with E-state index in [0.717, 1.165) is 17.0 Å². The minimum absolute atomic E-state index is 0.119. The van der Waals surface area contributed by atoms with E-state index in [2.05, 4.69) is 4.99 Å². The van der Waals surface area contributed by atoms with Gasteiger partial charge in [-0.15, -0.1) is 0 Å². The van der Waals surface area contributed by atoms with E-state index in [9.17, 15) is 9.59 Å². The van der Waals surface area contributed by atoms with Crippen molar-refractivity contribution in [2.45, 2.75) is 13.8 Å². The topological polar surface area (TPSA) is 97.7 Å². The summed E-state index contributed by atoms with van der Waals surface area (Å²) < 4.78 is 15.8. The van der Waals surface area contributed by atoms with Gasteiger partial charge in [-0.3, -0.25) is 9.69 Å². The van der Waals surface area contributed by atoms with Crippen molar-refractivity contribution >= 4 is 40.6 Å². The summed E-state index contributed by atoms with van der Waals surface area (Å²) in [7, 11) is 3.08. The Balaban J connectivity index is 1.90. The molecule has 1 amide bonds. The number of carboxylic acids is 1. The minimum Gasteiger partial charge on any atom is -0.497 e. The van der Waals surface area contributed by atoms with E-state index in [4.69, 9.17) is 19.3 Å². The largest absolute Gasteiger partial charge is 0.497 e. The van der Waals surface area contributed by atoms with Crippen molar-refractivity contribution in [1.82, 2.24) is 4.90 Å². The molecule has 9 heteroatoms. The number of benzene rings is 2. The summed E-state index contributed by atoms with van der Waals surface area (Å²) >= 11 is 1.31. The number of carboxylic acid groups (broad SMARTS) is 1. The molecule has 0 bridgehead atoms. The van der Waals surface area contributed by atoms with Gasteiger partial charge in [-0.25, -0.2) is 9.79 Å². The Labute approximate surface area is 196 Å². The number of carbonyl (C=O) groups excluding carboxylic acids is 1. The molecule has 2 aromatic carbocycles. The Hall–Kier alpha value is -3.46. The molecule has 0 unspecified atom stereocenters. The normalized spacial score (nSPS) is 16.0. The lowest BCUT2D eigenvalue weighted by molar-refractivity contribution is -0.139. The second-order valence-electron chi connectivity index (χ2n) is 7.61. The van der Waals surface area contributed by atoms with E-state index in [1.807, 2.05) is 38.1 Å². The SMILES string of the molecule is COc1ccc(N=C2S/C(=C/c3ccc(OCC(=O)O)c(OC)c3)C(=O)N2CC(C)C)cc1. The Morgan fingerprint density at radius 1 is 1.12 bits per heavy atom. The van der Waals surface area contributed by atoms with Crippen molar-refractivity contribution in [3.63, 3.8) is 0 Å².